The maximum Gasteiger partial charge on any atom is 0.146 e. The molecule has 0 radical (unpaired) electrons. The molecule has 0 amide bonds. The zero-order valence-corrected chi connectivity index (χ0v) is 11.5. The fourth-order valence-corrected chi connectivity index (χ4v) is 2.45. The molecule has 1 aromatic heterocycles. The van der Waals surface area contributed by atoms with Gasteiger partial charge in [0.15, 0.2) is 0 Å². The van der Waals surface area contributed by atoms with Gasteiger partial charge in [-0.05, 0) is 13.0 Å². The fourth-order valence-electron chi connectivity index (χ4n) is 1.06. The number of rotatable bonds is 6. The Labute approximate surface area is 110 Å². The summed E-state index contributed by atoms with van der Waals surface area (Å²) >= 11 is 13.6. The first-order valence-electron chi connectivity index (χ1n) is 4.90. The van der Waals surface area contributed by atoms with E-state index in [1.807, 2.05) is 6.92 Å². The van der Waals surface area contributed by atoms with Gasteiger partial charge in [-0.25, -0.2) is 4.98 Å². The fraction of sp³-hybridized carbons (Fsp3) is 0.500. The van der Waals surface area contributed by atoms with E-state index in [0.717, 1.165) is 17.3 Å². The monoisotopic (exact) mass is 280 g/mol. The normalized spacial score (nSPS) is 10.5. The van der Waals surface area contributed by atoms with Crippen molar-refractivity contribution in [2.75, 3.05) is 31.3 Å². The summed E-state index contributed by atoms with van der Waals surface area (Å²) in [6.07, 6.45) is 0. The second kappa shape index (κ2) is 7.22. The van der Waals surface area contributed by atoms with Gasteiger partial charge in [0.25, 0.3) is 0 Å². The van der Waals surface area contributed by atoms with Crippen molar-refractivity contribution in [3.8, 4) is 0 Å². The zero-order chi connectivity index (χ0) is 12.0. The lowest BCUT2D eigenvalue weighted by Crippen LogP contribution is -2.01. The summed E-state index contributed by atoms with van der Waals surface area (Å²) < 4.78 is 4.97. The number of hydrogen-bond donors (Lipinski definition) is 1. The SMILES string of the molecule is CCNc1nc(SCCOC)c(Cl)cc1Cl. The third-order valence-corrected chi connectivity index (χ3v) is 3.41. The Balaban J connectivity index is 2.78. The molecule has 1 aromatic rings. The number of nitrogens with zero attached hydrogens (tertiary/aromatic N) is 1. The van der Waals surface area contributed by atoms with Crippen LogP contribution in [0.15, 0.2) is 11.1 Å². The molecule has 16 heavy (non-hydrogen) atoms. The van der Waals surface area contributed by atoms with E-state index in [4.69, 9.17) is 27.9 Å². The van der Waals surface area contributed by atoms with Crippen molar-refractivity contribution in [3.05, 3.63) is 16.1 Å². The van der Waals surface area contributed by atoms with Crippen molar-refractivity contribution in [1.29, 1.82) is 0 Å². The Morgan fingerprint density at radius 1 is 1.44 bits per heavy atom. The van der Waals surface area contributed by atoms with Gasteiger partial charge in [-0.3, -0.25) is 0 Å². The second-order valence-electron chi connectivity index (χ2n) is 2.98. The first kappa shape index (κ1) is 13.9. The lowest BCUT2D eigenvalue weighted by molar-refractivity contribution is 0.218. The van der Waals surface area contributed by atoms with Gasteiger partial charge in [0.1, 0.15) is 10.8 Å². The van der Waals surface area contributed by atoms with Crippen LogP contribution in [0, 0.1) is 0 Å². The number of halogens is 2. The molecule has 0 unspecified atom stereocenters. The van der Waals surface area contributed by atoms with E-state index < -0.39 is 0 Å². The molecule has 1 N–H and O–H groups in total. The molecule has 0 spiro atoms. The average molecular weight is 281 g/mol. The van der Waals surface area contributed by atoms with E-state index >= 15 is 0 Å². The van der Waals surface area contributed by atoms with Crippen molar-refractivity contribution in [2.45, 2.75) is 11.9 Å². The molecule has 0 aliphatic carbocycles. The number of pyridine rings is 1. The van der Waals surface area contributed by atoms with Crippen LogP contribution in [0.5, 0.6) is 0 Å². The standard InChI is InChI=1S/C10H14Cl2N2OS/c1-3-13-9-7(11)6-8(12)10(14-9)16-5-4-15-2/h6H,3-5H2,1-2H3,(H,13,14). The number of thioether (sulfide) groups is 1. The predicted molar refractivity (Wildman–Crippen MR) is 71.0 cm³/mol. The van der Waals surface area contributed by atoms with Crippen LogP contribution in [0.3, 0.4) is 0 Å². The van der Waals surface area contributed by atoms with Crippen LogP contribution in [-0.2, 0) is 4.74 Å². The number of ether oxygens (including phenoxy) is 1. The lowest BCUT2D eigenvalue weighted by atomic mass is 10.4. The van der Waals surface area contributed by atoms with Crippen LogP contribution < -0.4 is 5.32 Å². The molecule has 3 nitrogen and oxygen atoms in total. The van der Waals surface area contributed by atoms with E-state index in [2.05, 4.69) is 10.3 Å². The molecule has 0 fully saturated rings. The van der Waals surface area contributed by atoms with Crippen LogP contribution in [0.1, 0.15) is 6.92 Å². The first-order valence-corrected chi connectivity index (χ1v) is 6.64. The highest BCUT2D eigenvalue weighted by Crippen LogP contribution is 2.31. The molecule has 0 atom stereocenters. The Kier molecular flexibility index (Phi) is 6.28. The van der Waals surface area contributed by atoms with Crippen LogP contribution in [0.2, 0.25) is 10.0 Å². The lowest BCUT2D eigenvalue weighted by Gasteiger charge is -2.09. The highest BCUT2D eigenvalue weighted by molar-refractivity contribution is 7.99. The molecule has 0 aromatic carbocycles. The maximum atomic E-state index is 6.04. The van der Waals surface area contributed by atoms with E-state index in [9.17, 15) is 0 Å². The van der Waals surface area contributed by atoms with Gasteiger partial charge in [0.2, 0.25) is 0 Å². The summed E-state index contributed by atoms with van der Waals surface area (Å²) in [7, 11) is 1.67. The van der Waals surface area contributed by atoms with Crippen molar-refractivity contribution >= 4 is 40.8 Å². The van der Waals surface area contributed by atoms with Gasteiger partial charge < -0.3 is 10.1 Å². The maximum absolute atomic E-state index is 6.04. The third kappa shape index (κ3) is 4.01. The summed E-state index contributed by atoms with van der Waals surface area (Å²) in [5.74, 6) is 1.49. The second-order valence-corrected chi connectivity index (χ2v) is 4.88. The van der Waals surface area contributed by atoms with Crippen LogP contribution in [0.25, 0.3) is 0 Å². The molecular weight excluding hydrogens is 267 g/mol. The largest absolute Gasteiger partial charge is 0.384 e. The van der Waals surface area contributed by atoms with Gasteiger partial charge in [-0.15, -0.1) is 11.8 Å². The average Bonchev–Trinajstić information content (AvgIpc) is 2.25. The minimum Gasteiger partial charge on any atom is -0.384 e. The van der Waals surface area contributed by atoms with Crippen LogP contribution in [-0.4, -0.2) is 31.0 Å². The van der Waals surface area contributed by atoms with Gasteiger partial charge in [-0.2, -0.15) is 0 Å². The Bertz CT molecular complexity index is 350. The quantitative estimate of drug-likeness (QED) is 0.638. The minimum atomic E-state index is 0.544. The van der Waals surface area contributed by atoms with Gasteiger partial charge in [0, 0.05) is 19.4 Å². The van der Waals surface area contributed by atoms with Gasteiger partial charge in [0.05, 0.1) is 16.7 Å². The van der Waals surface area contributed by atoms with E-state index in [-0.39, 0.29) is 0 Å². The predicted octanol–water partition coefficient (Wildman–Crippen LogP) is 3.56. The highest BCUT2D eigenvalue weighted by atomic mass is 35.5. The number of anilines is 1. The molecule has 1 rings (SSSR count). The Morgan fingerprint density at radius 3 is 2.81 bits per heavy atom. The molecular formula is C10H14Cl2N2OS. The van der Waals surface area contributed by atoms with Crippen LogP contribution >= 0.6 is 35.0 Å². The van der Waals surface area contributed by atoms with E-state index in [0.29, 0.717) is 22.5 Å². The van der Waals surface area contributed by atoms with Crippen molar-refractivity contribution < 1.29 is 4.74 Å². The smallest absolute Gasteiger partial charge is 0.146 e. The zero-order valence-electron chi connectivity index (χ0n) is 9.22. The van der Waals surface area contributed by atoms with Crippen molar-refractivity contribution in [1.82, 2.24) is 4.98 Å². The number of methoxy groups -OCH3 is 1. The minimum absolute atomic E-state index is 0.544. The summed E-state index contributed by atoms with van der Waals surface area (Å²) in [6, 6.07) is 1.71. The summed E-state index contributed by atoms with van der Waals surface area (Å²) in [6.45, 7) is 3.43. The van der Waals surface area contributed by atoms with Crippen LogP contribution in [0.4, 0.5) is 5.82 Å². The van der Waals surface area contributed by atoms with Crippen molar-refractivity contribution in [2.24, 2.45) is 0 Å². The van der Waals surface area contributed by atoms with Gasteiger partial charge >= 0.3 is 0 Å². The molecule has 0 bridgehead atoms. The number of aromatic nitrogens is 1. The summed E-state index contributed by atoms with van der Waals surface area (Å²) in [4.78, 5) is 4.37. The van der Waals surface area contributed by atoms with Gasteiger partial charge in [-0.1, -0.05) is 23.2 Å². The summed E-state index contributed by atoms with van der Waals surface area (Å²) in [5, 5.41) is 4.99. The molecule has 0 saturated carbocycles. The molecule has 0 aliphatic rings. The third-order valence-electron chi connectivity index (χ3n) is 1.77. The molecule has 0 aliphatic heterocycles. The molecule has 90 valence electrons. The molecule has 1 heterocycles. The Morgan fingerprint density at radius 2 is 2.19 bits per heavy atom. The van der Waals surface area contributed by atoms with Crippen molar-refractivity contribution in [3.63, 3.8) is 0 Å². The van der Waals surface area contributed by atoms with E-state index in [1.165, 1.54) is 0 Å². The molecule has 6 heteroatoms. The highest BCUT2D eigenvalue weighted by Gasteiger charge is 2.09. The Hall–Kier alpha value is -0.160. The topological polar surface area (TPSA) is 34.2 Å². The number of nitrogens with one attached hydrogen (secondary N) is 1. The van der Waals surface area contributed by atoms with E-state index in [1.54, 1.807) is 24.9 Å². The molecule has 0 saturated heterocycles. The number of hydrogen-bond acceptors (Lipinski definition) is 4. The first-order chi connectivity index (χ1) is 7.69. The summed E-state index contributed by atoms with van der Waals surface area (Å²) in [5.41, 5.74) is 0.